The number of carbonyl (C=O) groups excluding carboxylic acids is 2. The summed E-state index contributed by atoms with van der Waals surface area (Å²) in [5.41, 5.74) is 3.36. The average Bonchev–Trinajstić information content (AvgIpc) is 3.42. The van der Waals surface area contributed by atoms with Gasteiger partial charge in [0.05, 0.1) is 22.5 Å². The second-order valence-electron chi connectivity index (χ2n) is 12.6. The highest BCUT2D eigenvalue weighted by atomic mass is 79.9. The minimum atomic E-state index is -0.959. The Bertz CT molecular complexity index is 1610. The molecule has 2 atom stereocenters. The summed E-state index contributed by atoms with van der Waals surface area (Å²) in [7, 11) is 3.80. The number of fused-ring (bicyclic) bond motifs is 1. The number of benzene rings is 1. The molecular formula is C33H39BrN6O4. The molecule has 6 rings (SSSR count). The summed E-state index contributed by atoms with van der Waals surface area (Å²) in [6.45, 7) is 1.03. The Kier molecular flexibility index (Phi) is 8.61. The monoisotopic (exact) mass is 662 g/mol. The van der Waals surface area contributed by atoms with Crippen molar-refractivity contribution in [3.8, 4) is 5.69 Å². The van der Waals surface area contributed by atoms with Gasteiger partial charge in [-0.05, 0) is 92.0 Å². The van der Waals surface area contributed by atoms with Crippen LogP contribution in [0.5, 0.6) is 0 Å². The molecule has 1 aliphatic heterocycles. The third-order valence-corrected chi connectivity index (χ3v) is 10.1. The largest absolute Gasteiger partial charge is 0.480 e. The predicted octanol–water partition coefficient (Wildman–Crippen LogP) is 4.76. The number of ketones is 1. The summed E-state index contributed by atoms with van der Waals surface area (Å²) < 4.78 is 2.51. The predicted molar refractivity (Wildman–Crippen MR) is 170 cm³/mol. The molecule has 2 aromatic heterocycles. The highest BCUT2D eigenvalue weighted by Gasteiger charge is 2.53. The highest BCUT2D eigenvalue weighted by Crippen LogP contribution is 2.53. The SMILES string of the molecule is CN(C)CC(=O)N1CCCCC1c1nc2cccnc2n1-c1ccc(C[C@H](NC2=C(Br)C(=O)C23CCCCC3)C(=O)O)cc1. The number of carboxylic acid groups (broad SMARTS) is 1. The molecule has 1 aromatic carbocycles. The van der Waals surface area contributed by atoms with Crippen LogP contribution < -0.4 is 5.32 Å². The van der Waals surface area contributed by atoms with E-state index in [0.29, 0.717) is 17.6 Å². The van der Waals surface area contributed by atoms with Crippen molar-refractivity contribution in [1.82, 2.24) is 29.7 Å². The number of halogens is 1. The number of Topliss-reactive ketones (excluding diaryl/α,β-unsaturated/α-hetero) is 1. The number of nitrogens with zero attached hydrogens (tertiary/aromatic N) is 5. The van der Waals surface area contributed by atoms with E-state index < -0.39 is 17.4 Å². The molecule has 3 heterocycles. The second kappa shape index (κ2) is 12.4. The third kappa shape index (κ3) is 5.56. The van der Waals surface area contributed by atoms with Gasteiger partial charge >= 0.3 is 5.97 Å². The molecule has 1 saturated heterocycles. The molecule has 232 valence electrons. The van der Waals surface area contributed by atoms with Crippen molar-refractivity contribution in [2.45, 2.75) is 69.9 Å². The zero-order valence-corrected chi connectivity index (χ0v) is 26.8. The Hall–Kier alpha value is -3.57. The fraction of sp³-hybridized carbons (Fsp3) is 0.485. The van der Waals surface area contributed by atoms with E-state index in [4.69, 9.17) is 4.98 Å². The van der Waals surface area contributed by atoms with Gasteiger partial charge < -0.3 is 20.2 Å². The van der Waals surface area contributed by atoms with Gasteiger partial charge in [-0.15, -0.1) is 0 Å². The first-order valence-corrected chi connectivity index (χ1v) is 16.3. The number of amides is 1. The molecule has 44 heavy (non-hydrogen) atoms. The number of hydrogen-bond acceptors (Lipinski definition) is 7. The van der Waals surface area contributed by atoms with Crippen LogP contribution in [0.15, 0.2) is 52.8 Å². The molecule has 1 saturated carbocycles. The summed E-state index contributed by atoms with van der Waals surface area (Å²) in [6, 6.07) is 10.6. The first-order valence-electron chi connectivity index (χ1n) is 15.5. The van der Waals surface area contributed by atoms with Crippen molar-refractivity contribution in [2.75, 3.05) is 27.2 Å². The van der Waals surface area contributed by atoms with Gasteiger partial charge in [-0.25, -0.2) is 14.8 Å². The molecule has 1 spiro atoms. The minimum Gasteiger partial charge on any atom is -0.480 e. The summed E-state index contributed by atoms with van der Waals surface area (Å²) in [6.07, 6.45) is 9.36. The van der Waals surface area contributed by atoms with Gasteiger partial charge in [-0.3, -0.25) is 14.2 Å². The summed E-state index contributed by atoms with van der Waals surface area (Å²) in [4.78, 5) is 51.9. The number of pyridine rings is 1. The molecule has 3 aromatic rings. The molecule has 0 radical (unpaired) electrons. The highest BCUT2D eigenvalue weighted by molar-refractivity contribution is 9.12. The Morgan fingerprint density at radius 2 is 1.86 bits per heavy atom. The van der Waals surface area contributed by atoms with Gasteiger partial charge in [0.15, 0.2) is 11.4 Å². The van der Waals surface area contributed by atoms with E-state index in [1.807, 2.05) is 64.9 Å². The zero-order chi connectivity index (χ0) is 31.0. The van der Waals surface area contributed by atoms with E-state index in [-0.39, 0.29) is 24.2 Å². The molecule has 11 heteroatoms. The topological polar surface area (TPSA) is 121 Å². The van der Waals surface area contributed by atoms with Crippen molar-refractivity contribution in [2.24, 2.45) is 5.41 Å². The number of nitrogens with one attached hydrogen (secondary N) is 1. The van der Waals surface area contributed by atoms with Crippen LogP contribution in [0.1, 0.15) is 68.8 Å². The van der Waals surface area contributed by atoms with Crippen LogP contribution in [0.2, 0.25) is 0 Å². The number of imidazole rings is 1. The maximum absolute atomic E-state index is 13.3. The lowest BCUT2D eigenvalue weighted by Crippen LogP contribution is -2.53. The quantitative estimate of drug-likeness (QED) is 0.337. The van der Waals surface area contributed by atoms with Gasteiger partial charge in [-0.2, -0.15) is 0 Å². The maximum Gasteiger partial charge on any atom is 0.326 e. The number of aromatic nitrogens is 3. The Balaban J connectivity index is 1.28. The fourth-order valence-corrected chi connectivity index (χ4v) is 7.95. The zero-order valence-electron chi connectivity index (χ0n) is 25.3. The van der Waals surface area contributed by atoms with Crippen LogP contribution >= 0.6 is 15.9 Å². The number of allylic oxidation sites excluding steroid dienone is 2. The van der Waals surface area contributed by atoms with E-state index >= 15 is 0 Å². The van der Waals surface area contributed by atoms with Gasteiger partial charge in [-0.1, -0.05) is 31.4 Å². The van der Waals surface area contributed by atoms with E-state index in [0.717, 1.165) is 85.3 Å². The van der Waals surface area contributed by atoms with Crippen LogP contribution in [0, 0.1) is 5.41 Å². The molecule has 3 aliphatic rings. The maximum atomic E-state index is 13.3. The molecule has 2 aliphatic carbocycles. The van der Waals surface area contributed by atoms with Gasteiger partial charge in [0.1, 0.15) is 17.4 Å². The summed E-state index contributed by atoms with van der Waals surface area (Å²) in [5, 5.41) is 13.4. The average molecular weight is 664 g/mol. The smallest absolute Gasteiger partial charge is 0.326 e. The van der Waals surface area contributed by atoms with Crippen LogP contribution in [-0.2, 0) is 20.8 Å². The van der Waals surface area contributed by atoms with Gasteiger partial charge in [0.2, 0.25) is 5.91 Å². The lowest BCUT2D eigenvalue weighted by Gasteiger charge is -2.46. The first kappa shape index (κ1) is 30.5. The molecule has 0 bridgehead atoms. The molecular weight excluding hydrogens is 624 g/mol. The molecule has 10 nitrogen and oxygen atoms in total. The Morgan fingerprint density at radius 1 is 1.11 bits per heavy atom. The van der Waals surface area contributed by atoms with Crippen molar-refractivity contribution in [3.05, 3.63) is 64.2 Å². The number of hydrogen-bond donors (Lipinski definition) is 2. The number of likely N-dealkylation sites (tertiary alicyclic amines) is 1. The third-order valence-electron chi connectivity index (χ3n) is 9.30. The molecule has 1 unspecified atom stereocenters. The second-order valence-corrected chi connectivity index (χ2v) is 13.3. The van der Waals surface area contributed by atoms with Crippen LogP contribution in [-0.4, -0.2) is 80.3 Å². The van der Waals surface area contributed by atoms with Gasteiger partial charge in [0, 0.05) is 30.5 Å². The summed E-state index contributed by atoms with van der Waals surface area (Å²) >= 11 is 3.41. The number of carbonyl (C=O) groups is 3. The number of rotatable bonds is 9. The van der Waals surface area contributed by atoms with Crippen molar-refractivity contribution < 1.29 is 19.5 Å². The fourth-order valence-electron chi connectivity index (χ4n) is 7.08. The number of likely N-dealkylation sites (N-methyl/N-ethyl adjacent to an activating group) is 1. The standard InChI is InChI=1S/C33H39BrN6O4/c1-38(2)20-26(41)39-18-7-4-10-25(39)31-37-23-9-8-17-35-30(23)40(31)22-13-11-21(12-14-22)19-24(32(43)44)36-28-27(34)29(42)33(28)15-5-3-6-16-33/h8-9,11-14,17,24-25,36H,3-7,10,15-16,18-20H2,1-2H3,(H,43,44)/t24-,25?/m0/s1. The Morgan fingerprint density at radius 3 is 2.57 bits per heavy atom. The van der Waals surface area contributed by atoms with Crippen molar-refractivity contribution >= 4 is 44.8 Å². The summed E-state index contributed by atoms with van der Waals surface area (Å²) in [5.74, 6) is -0.00420. The van der Waals surface area contributed by atoms with Crippen LogP contribution in [0.3, 0.4) is 0 Å². The minimum absolute atomic E-state index is 0.0822. The number of aliphatic carboxylic acids is 1. The lowest BCUT2D eigenvalue weighted by molar-refractivity contribution is -0.140. The van der Waals surface area contributed by atoms with E-state index in [2.05, 4.69) is 26.2 Å². The first-order chi connectivity index (χ1) is 21.2. The van der Waals surface area contributed by atoms with Crippen LogP contribution in [0.25, 0.3) is 16.9 Å². The Labute approximate surface area is 265 Å². The van der Waals surface area contributed by atoms with Crippen molar-refractivity contribution in [3.63, 3.8) is 0 Å². The molecule has 2 N–H and O–H groups in total. The van der Waals surface area contributed by atoms with Crippen molar-refractivity contribution in [1.29, 1.82) is 0 Å². The molecule has 1 amide bonds. The van der Waals surface area contributed by atoms with E-state index in [1.165, 1.54) is 0 Å². The van der Waals surface area contributed by atoms with Gasteiger partial charge in [0.25, 0.3) is 0 Å². The van der Waals surface area contributed by atoms with Crippen LogP contribution in [0.4, 0.5) is 0 Å². The number of piperidine rings is 1. The van der Waals surface area contributed by atoms with E-state index in [1.54, 1.807) is 6.20 Å². The number of carboxylic acids is 1. The lowest BCUT2D eigenvalue weighted by atomic mass is 9.62. The van der Waals surface area contributed by atoms with E-state index in [9.17, 15) is 19.5 Å². The molecule has 2 fully saturated rings. The normalized spacial score (nSPS) is 20.7.